The Bertz CT molecular complexity index is 868. The highest BCUT2D eigenvalue weighted by atomic mass is 19.1. The summed E-state index contributed by atoms with van der Waals surface area (Å²) >= 11 is 0. The minimum absolute atomic E-state index is 0.0124. The Hall–Kier alpha value is -3.02. The number of nitriles is 1. The number of anilines is 2. The van der Waals surface area contributed by atoms with E-state index < -0.39 is 11.4 Å². The molecule has 0 unspecified atom stereocenters. The zero-order chi connectivity index (χ0) is 23.3. The van der Waals surface area contributed by atoms with Crippen LogP contribution in [0.15, 0.2) is 18.2 Å². The zero-order valence-electron chi connectivity index (χ0n) is 19.0. The fraction of sp³-hybridized carbons (Fsp3) is 0.609. The summed E-state index contributed by atoms with van der Waals surface area (Å²) < 4.78 is 25.1. The maximum absolute atomic E-state index is 14.5. The molecule has 174 valence electrons. The minimum Gasteiger partial charge on any atom is -0.465 e. The van der Waals surface area contributed by atoms with Crippen LogP contribution in [-0.2, 0) is 14.3 Å². The second-order valence-corrected chi connectivity index (χ2v) is 9.22. The molecule has 0 aromatic heterocycles. The van der Waals surface area contributed by atoms with Crippen molar-refractivity contribution in [2.75, 3.05) is 49.1 Å². The Kier molecular flexibility index (Phi) is 7.44. The predicted octanol–water partition coefficient (Wildman–Crippen LogP) is 3.51. The fourth-order valence-electron chi connectivity index (χ4n) is 3.37. The molecular formula is C23H31FN4O4. The molecule has 0 N–H and O–H groups in total. The lowest BCUT2D eigenvalue weighted by atomic mass is 10.2. The van der Waals surface area contributed by atoms with Crippen molar-refractivity contribution in [3.05, 3.63) is 24.0 Å². The second-order valence-electron chi connectivity index (χ2n) is 9.22. The molecule has 0 spiro atoms. The van der Waals surface area contributed by atoms with E-state index in [4.69, 9.17) is 9.47 Å². The molecule has 8 nitrogen and oxygen atoms in total. The molecule has 1 aromatic rings. The maximum atomic E-state index is 14.5. The summed E-state index contributed by atoms with van der Waals surface area (Å²) in [5.41, 5.74) is 0.321. The van der Waals surface area contributed by atoms with Gasteiger partial charge in [0.2, 0.25) is 0 Å². The molecule has 0 atom stereocenters. The van der Waals surface area contributed by atoms with Crippen molar-refractivity contribution in [1.82, 2.24) is 4.90 Å². The van der Waals surface area contributed by atoms with Gasteiger partial charge in [-0.1, -0.05) is 0 Å². The number of carbonyl (C=O) groups is 2. The van der Waals surface area contributed by atoms with E-state index in [1.807, 2.05) is 31.9 Å². The van der Waals surface area contributed by atoms with Crippen LogP contribution in [0.1, 0.15) is 40.0 Å². The number of hydrogen-bond donors (Lipinski definition) is 0. The maximum Gasteiger partial charge on any atom is 0.410 e. The van der Waals surface area contributed by atoms with Crippen molar-refractivity contribution < 1.29 is 23.5 Å². The largest absolute Gasteiger partial charge is 0.465 e. The molecule has 1 aliphatic heterocycles. The monoisotopic (exact) mass is 446 g/mol. The van der Waals surface area contributed by atoms with Crippen molar-refractivity contribution in [1.29, 1.82) is 5.26 Å². The second kappa shape index (κ2) is 10.1. The summed E-state index contributed by atoms with van der Waals surface area (Å²) in [5.74, 6) is -0.447. The van der Waals surface area contributed by atoms with Crippen molar-refractivity contribution in [3.63, 3.8) is 0 Å². The lowest BCUT2D eigenvalue weighted by molar-refractivity contribution is -0.143. The molecule has 1 aliphatic carbocycles. The van der Waals surface area contributed by atoms with Crippen LogP contribution < -0.4 is 9.80 Å². The number of amides is 1. The quantitative estimate of drug-likeness (QED) is 0.360. The smallest absolute Gasteiger partial charge is 0.410 e. The lowest BCUT2D eigenvalue weighted by Crippen LogP contribution is -2.50. The van der Waals surface area contributed by atoms with Crippen LogP contribution >= 0.6 is 0 Å². The van der Waals surface area contributed by atoms with E-state index in [-0.39, 0.29) is 30.7 Å². The first-order chi connectivity index (χ1) is 15.2. The van der Waals surface area contributed by atoms with Crippen LogP contribution in [-0.4, -0.2) is 61.9 Å². The average molecular weight is 447 g/mol. The van der Waals surface area contributed by atoms with E-state index in [0.29, 0.717) is 38.7 Å². The fourth-order valence-corrected chi connectivity index (χ4v) is 3.37. The normalized spacial score (nSPS) is 16.3. The number of rotatable bonds is 7. The molecular weight excluding hydrogens is 415 g/mol. The number of esters is 1. The molecule has 1 saturated carbocycles. The zero-order valence-corrected chi connectivity index (χ0v) is 19.0. The average Bonchev–Trinajstić information content (AvgIpc) is 3.57. The summed E-state index contributed by atoms with van der Waals surface area (Å²) in [6.45, 7) is 8.04. The number of ether oxygens (including phenoxy) is 2. The van der Waals surface area contributed by atoms with Gasteiger partial charge in [-0.05, 0) is 57.7 Å². The standard InChI is InChI=1S/C23H31FN4O4/c1-23(2,3)32-22(30)27-12-10-26(11-13-27)18-6-7-19(24)20(14-18)28(16-25)9-8-21(29)31-15-17-4-5-17/h6-7,14,17H,4-5,8-13,15H2,1-3H3. The Morgan fingerprint density at radius 3 is 2.50 bits per heavy atom. The van der Waals surface area contributed by atoms with Crippen molar-refractivity contribution in [3.8, 4) is 6.19 Å². The third kappa shape index (κ3) is 6.74. The minimum atomic E-state index is -0.550. The summed E-state index contributed by atoms with van der Waals surface area (Å²) in [4.78, 5) is 29.0. The topological polar surface area (TPSA) is 86.1 Å². The molecule has 2 fully saturated rings. The van der Waals surface area contributed by atoms with E-state index in [0.717, 1.165) is 18.5 Å². The van der Waals surface area contributed by atoms with Gasteiger partial charge < -0.3 is 19.3 Å². The number of hydrogen-bond acceptors (Lipinski definition) is 7. The van der Waals surface area contributed by atoms with Crippen molar-refractivity contribution in [2.24, 2.45) is 5.92 Å². The first-order valence-electron chi connectivity index (χ1n) is 11.0. The number of piperazine rings is 1. The Morgan fingerprint density at radius 2 is 1.91 bits per heavy atom. The van der Waals surface area contributed by atoms with Crippen LogP contribution in [0, 0.1) is 23.2 Å². The first kappa shape index (κ1) is 23.6. The molecule has 1 heterocycles. The summed E-state index contributed by atoms with van der Waals surface area (Å²) in [6, 6.07) is 4.58. The number of benzene rings is 1. The van der Waals surface area contributed by atoms with E-state index in [1.165, 1.54) is 11.0 Å². The van der Waals surface area contributed by atoms with E-state index in [2.05, 4.69) is 0 Å². The van der Waals surface area contributed by atoms with Crippen LogP contribution in [0.2, 0.25) is 0 Å². The van der Waals surface area contributed by atoms with Gasteiger partial charge in [0, 0.05) is 38.4 Å². The molecule has 2 aliphatic rings. The third-order valence-corrected chi connectivity index (χ3v) is 5.35. The number of halogens is 1. The van der Waals surface area contributed by atoms with E-state index >= 15 is 0 Å². The highest BCUT2D eigenvalue weighted by Gasteiger charge is 2.27. The molecule has 0 radical (unpaired) electrons. The number of nitrogens with zero attached hydrogens (tertiary/aromatic N) is 4. The Labute approximate surface area is 188 Å². The first-order valence-corrected chi connectivity index (χ1v) is 11.0. The van der Waals surface area contributed by atoms with Gasteiger partial charge in [0.15, 0.2) is 6.19 Å². The lowest BCUT2D eigenvalue weighted by Gasteiger charge is -2.37. The molecule has 9 heteroatoms. The van der Waals surface area contributed by atoms with Gasteiger partial charge in [-0.25, -0.2) is 9.18 Å². The van der Waals surface area contributed by atoms with Gasteiger partial charge in [0.25, 0.3) is 0 Å². The van der Waals surface area contributed by atoms with Crippen molar-refractivity contribution in [2.45, 2.75) is 45.6 Å². The van der Waals surface area contributed by atoms with E-state index in [9.17, 15) is 19.2 Å². The Balaban J connectivity index is 1.58. The van der Waals surface area contributed by atoms with Gasteiger partial charge >= 0.3 is 12.1 Å². The Morgan fingerprint density at radius 1 is 1.22 bits per heavy atom. The SMILES string of the molecule is CC(C)(C)OC(=O)N1CCN(c2ccc(F)c(N(C#N)CCC(=O)OCC3CC3)c2)CC1. The highest BCUT2D eigenvalue weighted by Crippen LogP contribution is 2.29. The molecule has 1 amide bonds. The third-order valence-electron chi connectivity index (χ3n) is 5.35. The van der Waals surface area contributed by atoms with Crippen molar-refractivity contribution >= 4 is 23.4 Å². The van der Waals surface area contributed by atoms with E-state index in [1.54, 1.807) is 17.0 Å². The summed E-state index contributed by atoms with van der Waals surface area (Å²) in [5, 5.41) is 9.52. The molecule has 1 aromatic carbocycles. The highest BCUT2D eigenvalue weighted by molar-refractivity contribution is 5.71. The van der Waals surface area contributed by atoms with Crippen LogP contribution in [0.5, 0.6) is 0 Å². The summed E-state index contributed by atoms with van der Waals surface area (Å²) in [6.07, 6.45) is 3.80. The van der Waals surface area contributed by atoms with Crippen LogP contribution in [0.3, 0.4) is 0 Å². The molecule has 3 rings (SSSR count). The van der Waals surface area contributed by atoms with Crippen LogP contribution in [0.4, 0.5) is 20.6 Å². The predicted molar refractivity (Wildman–Crippen MR) is 118 cm³/mol. The van der Waals surface area contributed by atoms with Gasteiger partial charge in [-0.3, -0.25) is 9.69 Å². The van der Waals surface area contributed by atoms with Gasteiger partial charge in [-0.15, -0.1) is 0 Å². The van der Waals surface area contributed by atoms with Gasteiger partial charge in [0.05, 0.1) is 18.7 Å². The molecule has 1 saturated heterocycles. The van der Waals surface area contributed by atoms with Gasteiger partial charge in [-0.2, -0.15) is 5.26 Å². The summed E-state index contributed by atoms with van der Waals surface area (Å²) in [7, 11) is 0. The number of carbonyl (C=O) groups excluding carboxylic acids is 2. The van der Waals surface area contributed by atoms with Gasteiger partial charge in [0.1, 0.15) is 11.4 Å². The molecule has 32 heavy (non-hydrogen) atoms. The van der Waals surface area contributed by atoms with Crippen LogP contribution in [0.25, 0.3) is 0 Å². The molecule has 0 bridgehead atoms.